The molecule has 27 heavy (non-hydrogen) atoms. The minimum absolute atomic E-state index is 0.141. The molecule has 0 atom stereocenters. The van der Waals surface area contributed by atoms with Gasteiger partial charge in [0.15, 0.2) is 0 Å². The molecule has 0 spiro atoms. The van der Waals surface area contributed by atoms with Crippen molar-refractivity contribution in [2.75, 3.05) is 10.6 Å². The predicted molar refractivity (Wildman–Crippen MR) is 102 cm³/mol. The summed E-state index contributed by atoms with van der Waals surface area (Å²) < 4.78 is 30.1. The van der Waals surface area contributed by atoms with E-state index in [4.69, 9.17) is 11.6 Å². The standard InChI is InChI=1S/C18H14BrClF2N2O3/c1-17(2)14-12(19)7-9(8-13(14)24-16(17)26)15(25)23-10-3-5-11(6-4-10)27-18(20,21)22/h3-8H,1-2H3,(H,23,25)(H,24,26). The van der Waals surface area contributed by atoms with Gasteiger partial charge in [-0.15, -0.1) is 8.78 Å². The van der Waals surface area contributed by atoms with Crippen LogP contribution in [0.4, 0.5) is 20.2 Å². The van der Waals surface area contributed by atoms with Gasteiger partial charge in [-0.3, -0.25) is 9.59 Å². The molecule has 0 fully saturated rings. The molecule has 2 amide bonds. The molecule has 3 rings (SSSR count). The van der Waals surface area contributed by atoms with Crippen molar-refractivity contribution < 1.29 is 23.1 Å². The van der Waals surface area contributed by atoms with E-state index < -0.39 is 16.9 Å². The smallest absolute Gasteiger partial charge is 0.420 e. The maximum Gasteiger partial charge on any atom is 0.487 e. The monoisotopic (exact) mass is 458 g/mol. The van der Waals surface area contributed by atoms with Crippen molar-refractivity contribution in [1.29, 1.82) is 0 Å². The fourth-order valence-corrected chi connectivity index (χ4v) is 3.85. The molecule has 0 aliphatic carbocycles. The molecule has 0 radical (unpaired) electrons. The number of carbonyl (C=O) groups is 2. The highest BCUT2D eigenvalue weighted by Gasteiger charge is 2.40. The lowest BCUT2D eigenvalue weighted by Crippen LogP contribution is -2.27. The van der Waals surface area contributed by atoms with Crippen molar-refractivity contribution in [3.8, 4) is 5.75 Å². The Morgan fingerprint density at radius 2 is 1.89 bits per heavy atom. The lowest BCUT2D eigenvalue weighted by atomic mass is 9.86. The van der Waals surface area contributed by atoms with E-state index in [1.54, 1.807) is 26.0 Å². The van der Waals surface area contributed by atoms with Crippen molar-refractivity contribution >= 4 is 50.7 Å². The Morgan fingerprint density at radius 3 is 2.48 bits per heavy atom. The normalized spacial score (nSPS) is 15.1. The number of alkyl halides is 3. The van der Waals surface area contributed by atoms with Crippen LogP contribution in [0.25, 0.3) is 0 Å². The zero-order valence-electron chi connectivity index (χ0n) is 14.2. The van der Waals surface area contributed by atoms with E-state index in [1.165, 1.54) is 24.3 Å². The Bertz CT molecular complexity index is 927. The number of hydrogen-bond donors (Lipinski definition) is 2. The number of ether oxygens (including phenoxy) is 1. The average Bonchev–Trinajstić information content (AvgIpc) is 2.77. The highest BCUT2D eigenvalue weighted by molar-refractivity contribution is 9.10. The van der Waals surface area contributed by atoms with Gasteiger partial charge in [-0.1, -0.05) is 15.9 Å². The van der Waals surface area contributed by atoms with Crippen LogP contribution in [-0.4, -0.2) is 17.4 Å². The fraction of sp³-hybridized carbons (Fsp3) is 0.222. The quantitative estimate of drug-likeness (QED) is 0.625. The maximum absolute atomic E-state index is 12.6. The number of hydrogen-bond acceptors (Lipinski definition) is 3. The largest absolute Gasteiger partial charge is 0.487 e. The van der Waals surface area contributed by atoms with E-state index in [0.29, 0.717) is 21.4 Å². The van der Waals surface area contributed by atoms with Crippen molar-refractivity contribution in [3.63, 3.8) is 0 Å². The van der Waals surface area contributed by atoms with E-state index in [2.05, 4.69) is 31.3 Å². The molecular formula is C18H14BrClF2N2O3. The van der Waals surface area contributed by atoms with Gasteiger partial charge in [0, 0.05) is 38.6 Å². The van der Waals surface area contributed by atoms with Crippen LogP contribution in [0.3, 0.4) is 0 Å². The molecule has 2 aromatic carbocycles. The van der Waals surface area contributed by atoms with Crippen LogP contribution in [0.2, 0.25) is 0 Å². The van der Waals surface area contributed by atoms with Crippen molar-refractivity contribution in [2.24, 2.45) is 0 Å². The molecule has 1 aliphatic heterocycles. The molecular weight excluding hydrogens is 446 g/mol. The van der Waals surface area contributed by atoms with Crippen molar-refractivity contribution in [2.45, 2.75) is 24.8 Å². The second-order valence-electron chi connectivity index (χ2n) is 6.49. The maximum atomic E-state index is 12.6. The molecule has 0 bridgehead atoms. The van der Waals surface area contributed by atoms with Crippen LogP contribution in [-0.2, 0) is 10.2 Å². The van der Waals surface area contributed by atoms with E-state index in [9.17, 15) is 18.4 Å². The van der Waals surface area contributed by atoms with Gasteiger partial charge in [-0.05, 0) is 50.2 Å². The molecule has 0 unspecified atom stereocenters. The van der Waals surface area contributed by atoms with Crippen molar-refractivity contribution in [1.82, 2.24) is 0 Å². The van der Waals surface area contributed by atoms with Crippen LogP contribution < -0.4 is 15.4 Å². The lowest BCUT2D eigenvalue weighted by molar-refractivity contribution is -0.119. The molecule has 1 aliphatic rings. The van der Waals surface area contributed by atoms with Gasteiger partial charge >= 0.3 is 5.57 Å². The van der Waals surface area contributed by atoms with Gasteiger partial charge in [-0.2, -0.15) is 0 Å². The van der Waals surface area contributed by atoms with Gasteiger partial charge in [0.2, 0.25) is 5.91 Å². The fourth-order valence-electron chi connectivity index (χ4n) is 2.81. The average molecular weight is 460 g/mol. The Balaban J connectivity index is 1.79. The van der Waals surface area contributed by atoms with Crippen LogP contribution in [0.5, 0.6) is 5.75 Å². The molecule has 2 aromatic rings. The first kappa shape index (κ1) is 19.6. The van der Waals surface area contributed by atoms with Gasteiger partial charge in [-0.25, -0.2) is 0 Å². The summed E-state index contributed by atoms with van der Waals surface area (Å²) in [4.78, 5) is 24.6. The minimum Gasteiger partial charge on any atom is -0.420 e. The zero-order chi connectivity index (χ0) is 20.0. The van der Waals surface area contributed by atoms with E-state index in [-0.39, 0.29) is 11.7 Å². The predicted octanol–water partition coefficient (Wildman–Crippen LogP) is 5.10. The number of benzene rings is 2. The Morgan fingerprint density at radius 1 is 1.26 bits per heavy atom. The highest BCUT2D eigenvalue weighted by Crippen LogP contribution is 2.42. The SMILES string of the molecule is CC1(C)C(=O)Nc2cc(C(=O)Nc3ccc(OC(F)(F)Cl)cc3)cc(Br)c21. The van der Waals surface area contributed by atoms with Crippen molar-refractivity contribution in [3.05, 3.63) is 52.0 Å². The van der Waals surface area contributed by atoms with Crippen LogP contribution in [0.15, 0.2) is 40.9 Å². The first-order valence-corrected chi connectivity index (χ1v) is 8.97. The Hall–Kier alpha value is -2.19. The van der Waals surface area contributed by atoms with Crippen LogP contribution in [0.1, 0.15) is 29.8 Å². The number of rotatable bonds is 4. The van der Waals surface area contributed by atoms with E-state index in [0.717, 1.165) is 5.56 Å². The summed E-state index contributed by atoms with van der Waals surface area (Å²) >= 11 is 8.12. The van der Waals surface area contributed by atoms with Gasteiger partial charge in [0.1, 0.15) is 5.75 Å². The summed E-state index contributed by atoms with van der Waals surface area (Å²) in [5, 5.41) is 5.42. The lowest BCUT2D eigenvalue weighted by Gasteiger charge is -2.17. The molecule has 142 valence electrons. The second-order valence-corrected chi connectivity index (χ2v) is 7.78. The summed E-state index contributed by atoms with van der Waals surface area (Å²) in [6.07, 6.45) is 0. The third-order valence-corrected chi connectivity index (χ3v) is 4.84. The summed E-state index contributed by atoms with van der Waals surface area (Å²) in [6, 6.07) is 8.54. The zero-order valence-corrected chi connectivity index (χ0v) is 16.5. The number of amides is 2. The molecule has 0 saturated carbocycles. The first-order chi connectivity index (χ1) is 12.5. The number of carbonyl (C=O) groups excluding carboxylic acids is 2. The third kappa shape index (κ3) is 4.06. The highest BCUT2D eigenvalue weighted by atomic mass is 79.9. The number of nitrogens with one attached hydrogen (secondary N) is 2. The number of anilines is 2. The van der Waals surface area contributed by atoms with E-state index in [1.807, 2.05) is 0 Å². The molecule has 0 saturated heterocycles. The minimum atomic E-state index is -3.81. The number of fused-ring (bicyclic) bond motifs is 1. The van der Waals surface area contributed by atoms with Gasteiger partial charge in [0.05, 0.1) is 5.41 Å². The van der Waals surface area contributed by atoms with Crippen LogP contribution >= 0.6 is 27.5 Å². The number of halogens is 4. The summed E-state index contributed by atoms with van der Waals surface area (Å²) in [5.74, 6) is -0.713. The second kappa shape index (κ2) is 6.76. The molecule has 1 heterocycles. The summed E-state index contributed by atoms with van der Waals surface area (Å²) in [6.45, 7) is 3.60. The molecule has 2 N–H and O–H groups in total. The Kier molecular flexibility index (Phi) is 4.90. The molecule has 0 aromatic heterocycles. The molecule has 5 nitrogen and oxygen atoms in total. The van der Waals surface area contributed by atoms with Crippen LogP contribution in [0, 0.1) is 0 Å². The van der Waals surface area contributed by atoms with Gasteiger partial charge in [0.25, 0.3) is 5.91 Å². The third-order valence-electron chi connectivity index (χ3n) is 4.14. The summed E-state index contributed by atoms with van der Waals surface area (Å²) in [7, 11) is 0. The van der Waals surface area contributed by atoms with E-state index >= 15 is 0 Å². The Labute approximate surface area is 167 Å². The summed E-state index contributed by atoms with van der Waals surface area (Å²) in [5.41, 5.74) is -2.45. The molecule has 9 heteroatoms. The van der Waals surface area contributed by atoms with Gasteiger partial charge < -0.3 is 15.4 Å². The first-order valence-electron chi connectivity index (χ1n) is 7.80. The topological polar surface area (TPSA) is 67.4 Å².